The van der Waals surface area contributed by atoms with Gasteiger partial charge in [-0.25, -0.2) is 0 Å². The van der Waals surface area contributed by atoms with Crippen molar-refractivity contribution in [1.29, 1.82) is 0 Å². The normalized spacial score (nSPS) is 17.2. The SMILES string of the molecule is COC(=O)[C@H]1C(=O)c2cc(OC)cc(OC)c2[C@@H]1c1c(OC)cc(OC)cc1OC. The lowest BCUT2D eigenvalue weighted by atomic mass is 9.84. The second kappa shape index (κ2) is 8.52. The van der Waals surface area contributed by atoms with Crippen LogP contribution in [0.3, 0.4) is 0 Å². The predicted octanol–water partition coefficient (Wildman–Crippen LogP) is 2.85. The maximum atomic E-state index is 13.3. The van der Waals surface area contributed by atoms with Crippen molar-refractivity contribution in [2.24, 2.45) is 5.92 Å². The zero-order valence-electron chi connectivity index (χ0n) is 17.7. The number of methoxy groups -OCH3 is 6. The lowest BCUT2D eigenvalue weighted by molar-refractivity contribution is -0.143. The molecule has 1 aliphatic rings. The van der Waals surface area contributed by atoms with Crippen molar-refractivity contribution < 1.29 is 38.0 Å². The van der Waals surface area contributed by atoms with E-state index in [2.05, 4.69) is 0 Å². The Morgan fingerprint density at radius 1 is 0.700 bits per heavy atom. The average molecular weight is 416 g/mol. The van der Waals surface area contributed by atoms with Gasteiger partial charge in [-0.05, 0) is 6.07 Å². The zero-order valence-corrected chi connectivity index (χ0v) is 17.7. The molecule has 0 N–H and O–H groups in total. The molecule has 3 rings (SSSR count). The Bertz CT molecular complexity index is 956. The molecular formula is C22H24O8. The summed E-state index contributed by atoms with van der Waals surface area (Å²) in [5.74, 6) is -0.772. The molecule has 0 amide bonds. The molecule has 0 saturated heterocycles. The van der Waals surface area contributed by atoms with Crippen LogP contribution in [0.4, 0.5) is 0 Å². The minimum absolute atomic E-state index is 0.325. The number of fused-ring (bicyclic) bond motifs is 1. The van der Waals surface area contributed by atoms with Gasteiger partial charge in [0.05, 0.1) is 42.7 Å². The first-order chi connectivity index (χ1) is 14.4. The zero-order chi connectivity index (χ0) is 22.0. The number of hydrogen-bond acceptors (Lipinski definition) is 8. The number of ether oxygens (including phenoxy) is 6. The van der Waals surface area contributed by atoms with Crippen molar-refractivity contribution in [3.8, 4) is 28.7 Å². The highest BCUT2D eigenvalue weighted by atomic mass is 16.5. The Balaban J connectivity index is 2.38. The molecule has 2 aromatic carbocycles. The predicted molar refractivity (Wildman–Crippen MR) is 107 cm³/mol. The van der Waals surface area contributed by atoms with Crippen LogP contribution in [0.15, 0.2) is 24.3 Å². The van der Waals surface area contributed by atoms with Gasteiger partial charge >= 0.3 is 5.97 Å². The van der Waals surface area contributed by atoms with Gasteiger partial charge in [0, 0.05) is 40.8 Å². The molecule has 2 atom stereocenters. The van der Waals surface area contributed by atoms with Gasteiger partial charge in [0.2, 0.25) is 0 Å². The highest BCUT2D eigenvalue weighted by Crippen LogP contribution is 2.53. The Morgan fingerprint density at radius 3 is 1.60 bits per heavy atom. The molecule has 0 spiro atoms. The average Bonchev–Trinajstić information content (AvgIpc) is 3.08. The summed E-state index contributed by atoms with van der Waals surface area (Å²) >= 11 is 0. The smallest absolute Gasteiger partial charge is 0.317 e. The molecule has 0 aromatic heterocycles. The van der Waals surface area contributed by atoms with E-state index < -0.39 is 17.8 Å². The highest BCUT2D eigenvalue weighted by Gasteiger charge is 2.50. The van der Waals surface area contributed by atoms with E-state index >= 15 is 0 Å². The van der Waals surface area contributed by atoms with Gasteiger partial charge in [-0.2, -0.15) is 0 Å². The third kappa shape index (κ3) is 3.28. The molecule has 0 fully saturated rings. The number of carbonyl (C=O) groups excluding carboxylic acids is 2. The quantitative estimate of drug-likeness (QED) is 0.503. The van der Waals surface area contributed by atoms with E-state index in [0.29, 0.717) is 45.4 Å². The Kier molecular flexibility index (Phi) is 6.05. The van der Waals surface area contributed by atoms with Crippen molar-refractivity contribution in [1.82, 2.24) is 0 Å². The summed E-state index contributed by atoms with van der Waals surface area (Å²) in [6, 6.07) is 6.61. The van der Waals surface area contributed by atoms with Gasteiger partial charge in [0.1, 0.15) is 34.7 Å². The van der Waals surface area contributed by atoms with Gasteiger partial charge in [-0.1, -0.05) is 0 Å². The van der Waals surface area contributed by atoms with E-state index in [1.807, 2.05) is 0 Å². The maximum absolute atomic E-state index is 13.3. The summed E-state index contributed by atoms with van der Waals surface area (Å²) in [6.07, 6.45) is 0. The highest BCUT2D eigenvalue weighted by molar-refractivity contribution is 6.14. The number of benzene rings is 2. The lowest BCUT2D eigenvalue weighted by Crippen LogP contribution is -2.26. The minimum atomic E-state index is -1.14. The van der Waals surface area contributed by atoms with E-state index in [4.69, 9.17) is 28.4 Å². The first-order valence-corrected chi connectivity index (χ1v) is 9.13. The van der Waals surface area contributed by atoms with Crippen LogP contribution in [-0.2, 0) is 9.53 Å². The number of esters is 1. The lowest BCUT2D eigenvalue weighted by Gasteiger charge is -2.24. The molecule has 0 bridgehead atoms. The van der Waals surface area contributed by atoms with Crippen molar-refractivity contribution in [2.75, 3.05) is 42.7 Å². The molecule has 8 heteroatoms. The van der Waals surface area contributed by atoms with Crippen LogP contribution in [-0.4, -0.2) is 54.4 Å². The molecule has 1 aliphatic carbocycles. The van der Waals surface area contributed by atoms with Gasteiger partial charge in [0.15, 0.2) is 5.78 Å². The summed E-state index contributed by atoms with van der Waals surface area (Å²) in [7, 11) is 8.74. The minimum Gasteiger partial charge on any atom is -0.497 e. The molecule has 8 nitrogen and oxygen atoms in total. The van der Waals surface area contributed by atoms with Crippen LogP contribution in [0.5, 0.6) is 28.7 Å². The van der Waals surface area contributed by atoms with Crippen molar-refractivity contribution in [3.63, 3.8) is 0 Å². The van der Waals surface area contributed by atoms with Crippen molar-refractivity contribution in [3.05, 3.63) is 41.0 Å². The van der Waals surface area contributed by atoms with Crippen molar-refractivity contribution in [2.45, 2.75) is 5.92 Å². The first-order valence-electron chi connectivity index (χ1n) is 9.13. The number of ketones is 1. The van der Waals surface area contributed by atoms with E-state index in [-0.39, 0.29) is 5.78 Å². The molecule has 2 aromatic rings. The summed E-state index contributed by atoms with van der Waals surface area (Å²) < 4.78 is 32.3. The van der Waals surface area contributed by atoms with E-state index in [1.165, 1.54) is 42.7 Å². The molecule has 0 unspecified atom stereocenters. The molecule has 0 radical (unpaired) electrons. The third-order valence-electron chi connectivity index (χ3n) is 5.28. The number of hydrogen-bond donors (Lipinski definition) is 0. The Hall–Kier alpha value is -3.42. The second-order valence-electron chi connectivity index (χ2n) is 6.58. The molecule has 160 valence electrons. The van der Waals surface area contributed by atoms with Gasteiger partial charge in [-0.3, -0.25) is 9.59 Å². The summed E-state index contributed by atoms with van der Waals surface area (Å²) in [4.78, 5) is 26.1. The largest absolute Gasteiger partial charge is 0.497 e. The van der Waals surface area contributed by atoms with Crippen LogP contribution in [0, 0.1) is 5.92 Å². The van der Waals surface area contributed by atoms with E-state index in [1.54, 1.807) is 24.3 Å². The summed E-state index contributed by atoms with van der Waals surface area (Å²) in [6.45, 7) is 0. The molecule has 0 saturated carbocycles. The number of rotatable bonds is 7. The van der Waals surface area contributed by atoms with Crippen LogP contribution in [0.25, 0.3) is 0 Å². The van der Waals surface area contributed by atoms with Gasteiger partial charge in [-0.15, -0.1) is 0 Å². The fraction of sp³-hybridized carbons (Fsp3) is 0.364. The summed E-state index contributed by atoms with van der Waals surface area (Å²) in [5, 5.41) is 0. The van der Waals surface area contributed by atoms with Gasteiger partial charge in [0.25, 0.3) is 0 Å². The van der Waals surface area contributed by atoms with Crippen molar-refractivity contribution >= 4 is 11.8 Å². The maximum Gasteiger partial charge on any atom is 0.317 e. The Labute approximate surface area is 174 Å². The monoisotopic (exact) mass is 416 g/mol. The van der Waals surface area contributed by atoms with Crippen LogP contribution in [0.1, 0.15) is 27.4 Å². The molecule has 30 heavy (non-hydrogen) atoms. The topological polar surface area (TPSA) is 89.5 Å². The van der Waals surface area contributed by atoms with Crippen LogP contribution >= 0.6 is 0 Å². The van der Waals surface area contributed by atoms with Crippen LogP contribution in [0.2, 0.25) is 0 Å². The summed E-state index contributed by atoms with van der Waals surface area (Å²) in [5.41, 5.74) is 1.39. The number of carbonyl (C=O) groups is 2. The Morgan fingerprint density at radius 2 is 1.17 bits per heavy atom. The third-order valence-corrected chi connectivity index (χ3v) is 5.28. The van der Waals surface area contributed by atoms with E-state index in [9.17, 15) is 9.59 Å². The second-order valence-corrected chi connectivity index (χ2v) is 6.58. The molecule has 0 heterocycles. The first kappa shape index (κ1) is 21.3. The van der Waals surface area contributed by atoms with Crippen LogP contribution < -0.4 is 23.7 Å². The molecular weight excluding hydrogens is 392 g/mol. The fourth-order valence-electron chi connectivity index (χ4n) is 3.92. The fourth-order valence-corrected chi connectivity index (χ4v) is 3.92. The number of Topliss-reactive ketones (excluding diaryl/α,β-unsaturated/α-hetero) is 1. The molecule has 0 aliphatic heterocycles. The van der Waals surface area contributed by atoms with Gasteiger partial charge < -0.3 is 28.4 Å². The standard InChI is InChI=1S/C22H24O8/c1-25-11-7-13-17(14(8-11)27-3)19(20(21(13)23)22(24)30-6)18-15(28-4)9-12(26-2)10-16(18)29-5/h7-10,19-20H,1-6H3/t19-,20-/m1/s1. The van der Waals surface area contributed by atoms with E-state index in [0.717, 1.165) is 0 Å².